The molecule has 0 fully saturated rings. The highest BCUT2D eigenvalue weighted by molar-refractivity contribution is 6.42. The maximum atomic E-state index is 13.2. The summed E-state index contributed by atoms with van der Waals surface area (Å²) < 4.78 is 9.16. The van der Waals surface area contributed by atoms with E-state index in [9.17, 15) is 9.59 Å². The van der Waals surface area contributed by atoms with E-state index < -0.39 is 11.2 Å². The second-order valence-electron chi connectivity index (χ2n) is 7.29. The summed E-state index contributed by atoms with van der Waals surface area (Å²) in [6, 6.07) is 12.3. The summed E-state index contributed by atoms with van der Waals surface area (Å²) in [4.78, 5) is 30.5. The number of fused-ring (bicyclic) bond motifs is 1. The Labute approximate surface area is 198 Å². The van der Waals surface area contributed by atoms with Gasteiger partial charge in [0.25, 0.3) is 5.56 Å². The molecule has 11 heteroatoms. The lowest BCUT2D eigenvalue weighted by atomic mass is 10.2. The van der Waals surface area contributed by atoms with Crippen LogP contribution >= 0.6 is 23.2 Å². The first-order valence-electron chi connectivity index (χ1n) is 9.83. The number of ether oxygens (including phenoxy) is 1. The summed E-state index contributed by atoms with van der Waals surface area (Å²) in [5.41, 5.74) is 3.90. The van der Waals surface area contributed by atoms with E-state index in [0.717, 1.165) is 15.9 Å². The highest BCUT2D eigenvalue weighted by Crippen LogP contribution is 2.23. The van der Waals surface area contributed by atoms with Crippen LogP contribution in [0.5, 0.6) is 5.75 Å². The van der Waals surface area contributed by atoms with Crippen LogP contribution in [0.3, 0.4) is 0 Å². The summed E-state index contributed by atoms with van der Waals surface area (Å²) in [6.45, 7) is 0.0436. The van der Waals surface area contributed by atoms with Crippen molar-refractivity contribution >= 4 is 46.5 Å². The molecule has 2 aromatic heterocycles. The van der Waals surface area contributed by atoms with Gasteiger partial charge in [-0.2, -0.15) is 10.1 Å². The number of hydrogen-bond donors (Lipinski definition) is 1. The number of hydrogen-bond acceptors (Lipinski definition) is 6. The Balaban J connectivity index is 1.69. The molecular weight excluding hydrogens is 467 g/mol. The van der Waals surface area contributed by atoms with Crippen molar-refractivity contribution in [1.82, 2.24) is 18.7 Å². The number of nitrogens with one attached hydrogen (secondary N) is 1. The molecule has 0 unspecified atom stereocenters. The molecule has 4 rings (SSSR count). The summed E-state index contributed by atoms with van der Waals surface area (Å²) in [7, 11) is 4.84. The van der Waals surface area contributed by atoms with Gasteiger partial charge in [-0.1, -0.05) is 29.3 Å². The van der Waals surface area contributed by atoms with Gasteiger partial charge in [-0.05, 0) is 47.5 Å². The monoisotopic (exact) mass is 486 g/mol. The van der Waals surface area contributed by atoms with Gasteiger partial charge in [0.2, 0.25) is 5.95 Å². The van der Waals surface area contributed by atoms with Crippen molar-refractivity contribution in [2.45, 2.75) is 6.54 Å². The lowest BCUT2D eigenvalue weighted by Crippen LogP contribution is -2.39. The van der Waals surface area contributed by atoms with Gasteiger partial charge in [0.1, 0.15) is 5.75 Å². The number of benzene rings is 2. The van der Waals surface area contributed by atoms with Crippen molar-refractivity contribution in [3.8, 4) is 5.75 Å². The average molecular weight is 487 g/mol. The van der Waals surface area contributed by atoms with E-state index in [1.807, 2.05) is 24.3 Å². The number of nitrogens with zero attached hydrogens (tertiary/aromatic N) is 5. The van der Waals surface area contributed by atoms with E-state index in [1.54, 1.807) is 50.2 Å². The summed E-state index contributed by atoms with van der Waals surface area (Å²) >= 11 is 12.0. The minimum absolute atomic E-state index is 0.0436. The van der Waals surface area contributed by atoms with Crippen LogP contribution in [0.25, 0.3) is 11.2 Å². The second-order valence-corrected chi connectivity index (χ2v) is 8.11. The lowest BCUT2D eigenvalue weighted by molar-refractivity contribution is 0.415. The Morgan fingerprint density at radius 2 is 1.79 bits per heavy atom. The SMILES string of the molecule is COc1ccc(/C=N/Nc2nc3c(c(=O)n(Cc4ccc(Cl)c(Cl)c4)c(=O)n3C)n2C)cc1. The molecule has 1 N–H and O–H groups in total. The van der Waals surface area contributed by atoms with Crippen LogP contribution in [0.4, 0.5) is 5.95 Å². The third-order valence-corrected chi connectivity index (χ3v) is 5.92. The minimum atomic E-state index is -0.495. The number of imidazole rings is 1. The van der Waals surface area contributed by atoms with Crippen molar-refractivity contribution in [3.05, 3.63) is 84.5 Å². The largest absolute Gasteiger partial charge is 0.497 e. The van der Waals surface area contributed by atoms with Crippen LogP contribution in [0.1, 0.15) is 11.1 Å². The van der Waals surface area contributed by atoms with E-state index in [1.165, 1.54) is 4.57 Å². The quantitative estimate of drug-likeness (QED) is 0.333. The lowest BCUT2D eigenvalue weighted by Gasteiger charge is -2.09. The third-order valence-electron chi connectivity index (χ3n) is 5.18. The predicted molar refractivity (Wildman–Crippen MR) is 130 cm³/mol. The Morgan fingerprint density at radius 1 is 1.06 bits per heavy atom. The van der Waals surface area contributed by atoms with Gasteiger partial charge in [0.05, 0.1) is 29.9 Å². The Hall–Kier alpha value is -3.56. The molecule has 0 amide bonds. The molecule has 0 atom stereocenters. The minimum Gasteiger partial charge on any atom is -0.497 e. The van der Waals surface area contributed by atoms with Crippen LogP contribution in [0.2, 0.25) is 10.0 Å². The number of halogens is 2. The second kappa shape index (κ2) is 9.13. The highest BCUT2D eigenvalue weighted by atomic mass is 35.5. The van der Waals surface area contributed by atoms with Crippen LogP contribution in [0.15, 0.2) is 57.2 Å². The number of rotatable bonds is 6. The van der Waals surface area contributed by atoms with Crippen molar-refractivity contribution in [1.29, 1.82) is 0 Å². The van der Waals surface area contributed by atoms with Gasteiger partial charge in [-0.3, -0.25) is 13.9 Å². The highest BCUT2D eigenvalue weighted by Gasteiger charge is 2.18. The standard InChI is InChI=1S/C22H20Cl2N6O3/c1-28-18-19(26-21(28)27-25-11-13-4-7-15(33-3)8-5-13)29(2)22(32)30(20(18)31)12-14-6-9-16(23)17(24)10-14/h4-11H,12H2,1-3H3,(H,26,27)/b25-11+. The number of aromatic nitrogens is 4. The van der Waals surface area contributed by atoms with E-state index in [2.05, 4.69) is 15.5 Å². The van der Waals surface area contributed by atoms with E-state index in [-0.39, 0.29) is 17.7 Å². The smallest absolute Gasteiger partial charge is 0.332 e. The normalized spacial score (nSPS) is 11.4. The summed E-state index contributed by atoms with van der Waals surface area (Å²) in [5, 5.41) is 4.94. The number of aryl methyl sites for hydroxylation is 2. The Kier molecular flexibility index (Phi) is 6.26. The molecule has 0 radical (unpaired) electrons. The topological polar surface area (TPSA) is 95.4 Å². The van der Waals surface area contributed by atoms with Crippen molar-refractivity contribution in [3.63, 3.8) is 0 Å². The zero-order valence-corrected chi connectivity index (χ0v) is 19.6. The molecule has 0 aliphatic carbocycles. The fourth-order valence-corrected chi connectivity index (χ4v) is 3.68. The Morgan fingerprint density at radius 3 is 2.45 bits per heavy atom. The molecule has 4 aromatic rings. The molecule has 0 saturated heterocycles. The number of anilines is 1. The fourth-order valence-electron chi connectivity index (χ4n) is 3.36. The number of hydrazone groups is 1. The van der Waals surface area contributed by atoms with Gasteiger partial charge in [0, 0.05) is 14.1 Å². The molecule has 2 heterocycles. The van der Waals surface area contributed by atoms with Gasteiger partial charge >= 0.3 is 5.69 Å². The molecule has 33 heavy (non-hydrogen) atoms. The third kappa shape index (κ3) is 4.37. The van der Waals surface area contributed by atoms with Crippen molar-refractivity contribution < 1.29 is 4.74 Å². The maximum absolute atomic E-state index is 13.2. The first-order valence-corrected chi connectivity index (χ1v) is 10.6. The molecular formula is C22H20Cl2N6O3. The van der Waals surface area contributed by atoms with Crippen LogP contribution in [-0.4, -0.2) is 32.0 Å². The van der Waals surface area contributed by atoms with Gasteiger partial charge < -0.3 is 9.30 Å². The zero-order valence-electron chi connectivity index (χ0n) is 18.0. The zero-order chi connectivity index (χ0) is 23.7. The van der Waals surface area contributed by atoms with Crippen LogP contribution in [-0.2, 0) is 20.6 Å². The molecule has 0 aliphatic heterocycles. The maximum Gasteiger partial charge on any atom is 0.332 e. The predicted octanol–water partition coefficient (Wildman–Crippen LogP) is 3.24. The first-order chi connectivity index (χ1) is 15.8. The molecule has 0 saturated carbocycles. The van der Waals surface area contributed by atoms with Gasteiger partial charge in [-0.15, -0.1) is 0 Å². The average Bonchev–Trinajstić information content (AvgIpc) is 3.14. The molecule has 0 spiro atoms. The summed E-state index contributed by atoms with van der Waals surface area (Å²) in [6.07, 6.45) is 1.61. The first kappa shape index (κ1) is 22.6. The van der Waals surface area contributed by atoms with Crippen molar-refractivity contribution in [2.24, 2.45) is 19.2 Å². The van der Waals surface area contributed by atoms with E-state index >= 15 is 0 Å². The molecule has 170 valence electrons. The molecule has 0 bridgehead atoms. The van der Waals surface area contributed by atoms with Crippen molar-refractivity contribution in [2.75, 3.05) is 12.5 Å². The van der Waals surface area contributed by atoms with Crippen LogP contribution < -0.4 is 21.4 Å². The van der Waals surface area contributed by atoms with Gasteiger partial charge in [0.15, 0.2) is 11.2 Å². The van der Waals surface area contributed by atoms with E-state index in [4.69, 9.17) is 27.9 Å². The molecule has 2 aromatic carbocycles. The van der Waals surface area contributed by atoms with E-state index in [0.29, 0.717) is 21.6 Å². The number of methoxy groups -OCH3 is 1. The fraction of sp³-hybridized carbons (Fsp3) is 0.182. The molecule has 9 nitrogen and oxygen atoms in total. The van der Waals surface area contributed by atoms with Gasteiger partial charge in [-0.25, -0.2) is 10.2 Å². The van der Waals surface area contributed by atoms with Crippen LogP contribution in [0, 0.1) is 0 Å². The Bertz CT molecular complexity index is 1490. The molecule has 0 aliphatic rings. The summed E-state index contributed by atoms with van der Waals surface area (Å²) in [5.74, 6) is 1.06.